The van der Waals surface area contributed by atoms with Gasteiger partial charge in [0.05, 0.1) is 6.54 Å². The first-order chi connectivity index (χ1) is 13.3. The molecule has 0 saturated carbocycles. The zero-order chi connectivity index (χ0) is 18.5. The lowest BCUT2D eigenvalue weighted by atomic mass is 10.3. The Morgan fingerprint density at radius 3 is 1.85 bits per heavy atom. The van der Waals surface area contributed by atoms with Crippen LogP contribution in [-0.2, 0) is 0 Å². The topological polar surface area (TPSA) is 78.3 Å². The molecule has 0 aliphatic carbocycles. The van der Waals surface area contributed by atoms with Gasteiger partial charge in [-0.15, -0.1) is 0 Å². The van der Waals surface area contributed by atoms with Crippen LogP contribution >= 0.6 is 11.8 Å². The number of thioether (sulfide) groups is 1. The van der Waals surface area contributed by atoms with Crippen molar-refractivity contribution in [3.63, 3.8) is 0 Å². The largest absolute Gasteiger partial charge is 0.352 e. The molecule has 2 aromatic carbocycles. The fraction of sp³-hybridized carbons (Fsp3) is 0.158. The van der Waals surface area contributed by atoms with E-state index in [1.807, 2.05) is 67.7 Å². The third-order valence-corrected chi connectivity index (χ3v) is 4.85. The Kier molecular flexibility index (Phi) is 5.15. The number of nitrogens with zero attached hydrogens (tertiary/aromatic N) is 5. The van der Waals surface area contributed by atoms with Gasteiger partial charge in [-0.25, -0.2) is 0 Å². The van der Waals surface area contributed by atoms with Gasteiger partial charge in [0.2, 0.25) is 17.1 Å². The summed E-state index contributed by atoms with van der Waals surface area (Å²) in [6, 6.07) is 19.7. The van der Waals surface area contributed by atoms with E-state index in [1.165, 1.54) is 11.8 Å². The zero-order valence-electron chi connectivity index (χ0n) is 14.8. The first-order valence-corrected chi connectivity index (χ1v) is 9.41. The van der Waals surface area contributed by atoms with E-state index in [1.54, 1.807) is 0 Å². The minimum absolute atomic E-state index is 0.485. The van der Waals surface area contributed by atoms with Crippen molar-refractivity contribution >= 4 is 40.2 Å². The Balaban J connectivity index is 1.62. The maximum absolute atomic E-state index is 4.55. The van der Waals surface area contributed by atoms with Gasteiger partial charge in [-0.05, 0) is 36.0 Å². The molecule has 3 aromatic rings. The molecule has 0 unspecified atom stereocenters. The molecule has 0 bridgehead atoms. The van der Waals surface area contributed by atoms with Crippen molar-refractivity contribution in [1.29, 1.82) is 0 Å². The van der Waals surface area contributed by atoms with E-state index in [0.717, 1.165) is 29.6 Å². The van der Waals surface area contributed by atoms with Crippen LogP contribution in [0.1, 0.15) is 0 Å². The lowest BCUT2D eigenvalue weighted by Crippen LogP contribution is -2.20. The van der Waals surface area contributed by atoms with Gasteiger partial charge < -0.3 is 15.5 Å². The fourth-order valence-corrected chi connectivity index (χ4v) is 3.35. The molecule has 1 aromatic heterocycles. The zero-order valence-corrected chi connectivity index (χ0v) is 15.6. The van der Waals surface area contributed by atoms with Crippen LogP contribution in [0.3, 0.4) is 0 Å². The molecule has 8 heteroatoms. The van der Waals surface area contributed by atoms with Crippen LogP contribution in [0.5, 0.6) is 0 Å². The molecule has 7 nitrogen and oxygen atoms in total. The SMILES string of the molecule is CN1CCN=C1Sc1nc(Nc2ccccc2)nc(Nc2ccccc2)n1. The molecule has 136 valence electrons. The number of likely N-dealkylation sites (N-methyl/N-ethyl adjacent to an activating group) is 1. The molecular formula is C19H19N7S. The van der Waals surface area contributed by atoms with Crippen LogP contribution in [0.25, 0.3) is 0 Å². The van der Waals surface area contributed by atoms with Crippen molar-refractivity contribution in [2.24, 2.45) is 4.99 Å². The monoisotopic (exact) mass is 377 g/mol. The number of benzene rings is 2. The van der Waals surface area contributed by atoms with Crippen molar-refractivity contribution in [3.8, 4) is 0 Å². The highest BCUT2D eigenvalue weighted by Crippen LogP contribution is 2.24. The minimum Gasteiger partial charge on any atom is -0.352 e. The van der Waals surface area contributed by atoms with Crippen LogP contribution in [0.15, 0.2) is 70.8 Å². The van der Waals surface area contributed by atoms with E-state index in [4.69, 9.17) is 0 Å². The number of nitrogens with one attached hydrogen (secondary N) is 2. The Morgan fingerprint density at radius 2 is 1.37 bits per heavy atom. The lowest BCUT2D eigenvalue weighted by molar-refractivity contribution is 0.564. The van der Waals surface area contributed by atoms with Crippen LogP contribution in [0.2, 0.25) is 0 Å². The fourth-order valence-electron chi connectivity index (χ4n) is 2.52. The first-order valence-electron chi connectivity index (χ1n) is 8.60. The third-order valence-electron chi connectivity index (χ3n) is 3.87. The molecule has 27 heavy (non-hydrogen) atoms. The number of rotatable bonds is 5. The molecule has 1 aliphatic rings. The summed E-state index contributed by atoms with van der Waals surface area (Å²) in [4.78, 5) is 20.2. The van der Waals surface area contributed by atoms with E-state index in [9.17, 15) is 0 Å². The molecule has 0 saturated heterocycles. The highest BCUT2D eigenvalue weighted by atomic mass is 32.2. The van der Waals surface area contributed by atoms with E-state index < -0.39 is 0 Å². The van der Waals surface area contributed by atoms with Crippen molar-refractivity contribution < 1.29 is 0 Å². The summed E-state index contributed by atoms with van der Waals surface area (Å²) in [6.07, 6.45) is 0. The summed E-state index contributed by atoms with van der Waals surface area (Å²) >= 11 is 1.44. The highest BCUT2D eigenvalue weighted by molar-refractivity contribution is 8.13. The lowest BCUT2D eigenvalue weighted by Gasteiger charge is -2.13. The molecule has 0 radical (unpaired) electrons. The summed E-state index contributed by atoms with van der Waals surface area (Å²) in [5.74, 6) is 0.969. The summed E-state index contributed by atoms with van der Waals surface area (Å²) in [5.41, 5.74) is 1.83. The normalized spacial score (nSPS) is 13.4. The number of hydrogen-bond donors (Lipinski definition) is 2. The third kappa shape index (κ3) is 4.53. The second-order valence-electron chi connectivity index (χ2n) is 5.94. The van der Waals surface area contributed by atoms with E-state index in [-0.39, 0.29) is 0 Å². The average molecular weight is 377 g/mol. The summed E-state index contributed by atoms with van der Waals surface area (Å²) < 4.78 is 0. The summed E-state index contributed by atoms with van der Waals surface area (Å²) in [5, 5.41) is 7.98. The standard InChI is InChI=1S/C19H19N7S/c1-26-13-12-20-19(26)27-18-24-16(21-14-8-4-2-5-9-14)23-17(25-18)22-15-10-6-3-7-11-15/h2-11H,12-13H2,1H3,(H2,21,22,23,24,25). The van der Waals surface area contributed by atoms with Crippen LogP contribution in [0, 0.1) is 0 Å². The van der Waals surface area contributed by atoms with Gasteiger partial charge >= 0.3 is 0 Å². The molecule has 2 N–H and O–H groups in total. The maximum atomic E-state index is 4.55. The molecule has 1 aliphatic heterocycles. The molecule has 0 fully saturated rings. The van der Waals surface area contributed by atoms with Gasteiger partial charge in [0.15, 0.2) is 5.17 Å². The molecule has 0 amide bonds. The molecule has 4 rings (SSSR count). The quantitative estimate of drug-likeness (QED) is 0.701. The van der Waals surface area contributed by atoms with Gasteiger partial charge in [-0.3, -0.25) is 4.99 Å². The Morgan fingerprint density at radius 1 is 0.815 bits per heavy atom. The number of aromatic nitrogens is 3. The number of hydrogen-bond acceptors (Lipinski definition) is 8. The molecular weight excluding hydrogens is 358 g/mol. The molecule has 0 spiro atoms. The number of aliphatic imine (C=N–C) groups is 1. The maximum Gasteiger partial charge on any atom is 0.233 e. The number of amidine groups is 1. The van der Waals surface area contributed by atoms with Gasteiger partial charge in [0, 0.05) is 25.0 Å². The Hall–Kier alpha value is -3.13. The van der Waals surface area contributed by atoms with Gasteiger partial charge in [0.25, 0.3) is 0 Å². The Labute approximate surface area is 162 Å². The minimum atomic E-state index is 0.485. The van der Waals surface area contributed by atoms with Crippen LogP contribution in [-0.4, -0.2) is 45.2 Å². The summed E-state index contributed by atoms with van der Waals surface area (Å²) in [6.45, 7) is 1.71. The van der Waals surface area contributed by atoms with Crippen molar-refractivity contribution in [2.45, 2.75) is 5.16 Å². The Bertz CT molecular complexity index is 872. The smallest absolute Gasteiger partial charge is 0.233 e. The van der Waals surface area contributed by atoms with E-state index in [0.29, 0.717) is 17.1 Å². The molecule has 2 heterocycles. The van der Waals surface area contributed by atoms with Gasteiger partial charge in [-0.2, -0.15) is 15.0 Å². The second kappa shape index (κ2) is 8.05. The second-order valence-corrected chi connectivity index (χ2v) is 6.87. The van der Waals surface area contributed by atoms with Gasteiger partial charge in [-0.1, -0.05) is 36.4 Å². The molecule has 0 atom stereocenters. The van der Waals surface area contributed by atoms with Crippen molar-refractivity contribution in [3.05, 3.63) is 60.7 Å². The van der Waals surface area contributed by atoms with E-state index in [2.05, 4.69) is 35.5 Å². The highest BCUT2D eigenvalue weighted by Gasteiger charge is 2.17. The van der Waals surface area contributed by atoms with Crippen LogP contribution in [0.4, 0.5) is 23.3 Å². The first kappa shape index (κ1) is 17.3. The average Bonchev–Trinajstić information content (AvgIpc) is 3.08. The predicted octanol–water partition coefficient (Wildman–Crippen LogP) is 3.75. The number of anilines is 4. The van der Waals surface area contributed by atoms with Gasteiger partial charge in [0.1, 0.15) is 0 Å². The van der Waals surface area contributed by atoms with Crippen molar-refractivity contribution in [1.82, 2.24) is 19.9 Å². The van der Waals surface area contributed by atoms with Crippen LogP contribution < -0.4 is 10.6 Å². The predicted molar refractivity (Wildman–Crippen MR) is 110 cm³/mol. The summed E-state index contributed by atoms with van der Waals surface area (Å²) in [7, 11) is 2.02. The van der Waals surface area contributed by atoms with E-state index >= 15 is 0 Å². The van der Waals surface area contributed by atoms with Crippen molar-refractivity contribution in [2.75, 3.05) is 30.8 Å². The number of para-hydroxylation sites is 2.